The Kier molecular flexibility index (Phi) is 5.97. The van der Waals surface area contributed by atoms with Crippen LogP contribution in [0.4, 0.5) is 0 Å². The number of esters is 1. The minimum atomic E-state index is -3.28. The summed E-state index contributed by atoms with van der Waals surface area (Å²) >= 11 is 0. The van der Waals surface area contributed by atoms with Crippen LogP contribution in [0.1, 0.15) is 29.3 Å². The van der Waals surface area contributed by atoms with Gasteiger partial charge in [-0.15, -0.1) is 0 Å². The monoisotopic (exact) mass is 301 g/mol. The maximum absolute atomic E-state index is 11.6. The third kappa shape index (κ3) is 4.50. The number of rotatable bonds is 7. The van der Waals surface area contributed by atoms with Gasteiger partial charge in [0, 0.05) is 6.54 Å². The molecule has 0 aliphatic heterocycles. The van der Waals surface area contributed by atoms with E-state index in [9.17, 15) is 13.2 Å². The second kappa shape index (κ2) is 7.25. The number of sulfonamides is 1. The van der Waals surface area contributed by atoms with E-state index in [0.717, 1.165) is 0 Å². The number of hydrogen-bond acceptors (Lipinski definition) is 5. The van der Waals surface area contributed by atoms with Crippen LogP contribution in [0, 0.1) is 0 Å². The smallest absolute Gasteiger partial charge is 0.341 e. The molecule has 1 aromatic carbocycles. The molecule has 6 nitrogen and oxygen atoms in total. The minimum Gasteiger partial charge on any atom is -0.496 e. The van der Waals surface area contributed by atoms with Gasteiger partial charge in [0.2, 0.25) is 10.0 Å². The van der Waals surface area contributed by atoms with Gasteiger partial charge in [0.05, 0.1) is 20.0 Å². The summed E-state index contributed by atoms with van der Waals surface area (Å²) in [5.74, 6) is -0.0651. The minimum absolute atomic E-state index is 0.0764. The summed E-state index contributed by atoms with van der Waals surface area (Å²) in [5, 5.41) is 0. The van der Waals surface area contributed by atoms with E-state index in [1.807, 2.05) is 0 Å². The number of ether oxygens (including phenoxy) is 2. The van der Waals surface area contributed by atoms with Crippen molar-refractivity contribution in [2.75, 3.05) is 20.0 Å². The van der Waals surface area contributed by atoms with Crippen molar-refractivity contribution >= 4 is 16.0 Å². The van der Waals surface area contributed by atoms with Gasteiger partial charge >= 0.3 is 5.97 Å². The molecule has 0 spiro atoms. The fourth-order valence-electron chi connectivity index (χ4n) is 1.67. The third-order valence-corrected chi connectivity index (χ3v) is 4.17. The van der Waals surface area contributed by atoms with E-state index in [1.54, 1.807) is 25.1 Å². The topological polar surface area (TPSA) is 81.7 Å². The van der Waals surface area contributed by atoms with Crippen molar-refractivity contribution < 1.29 is 22.7 Å². The summed E-state index contributed by atoms with van der Waals surface area (Å²) in [5.41, 5.74) is 0.924. The van der Waals surface area contributed by atoms with Crippen molar-refractivity contribution in [1.29, 1.82) is 0 Å². The van der Waals surface area contributed by atoms with Crippen LogP contribution in [0.25, 0.3) is 0 Å². The van der Waals surface area contributed by atoms with Crippen LogP contribution in [0.5, 0.6) is 5.75 Å². The zero-order valence-corrected chi connectivity index (χ0v) is 12.6. The molecule has 1 N–H and O–H groups in total. The molecule has 0 heterocycles. The van der Waals surface area contributed by atoms with Crippen molar-refractivity contribution in [2.45, 2.75) is 19.9 Å². The molecule has 0 aliphatic rings. The van der Waals surface area contributed by atoms with Gasteiger partial charge in [0.15, 0.2) is 0 Å². The van der Waals surface area contributed by atoms with E-state index >= 15 is 0 Å². The average molecular weight is 301 g/mol. The fraction of sp³-hybridized carbons (Fsp3) is 0.462. The van der Waals surface area contributed by atoms with Gasteiger partial charge in [-0.3, -0.25) is 0 Å². The van der Waals surface area contributed by atoms with Crippen molar-refractivity contribution in [3.63, 3.8) is 0 Å². The predicted molar refractivity (Wildman–Crippen MR) is 75.3 cm³/mol. The van der Waals surface area contributed by atoms with E-state index in [-0.39, 0.29) is 17.9 Å². The summed E-state index contributed by atoms with van der Waals surface area (Å²) in [6, 6.07) is 4.86. The maximum atomic E-state index is 11.6. The summed E-state index contributed by atoms with van der Waals surface area (Å²) in [6.45, 7) is 1.91. The van der Waals surface area contributed by atoms with Crippen molar-refractivity contribution in [3.8, 4) is 5.75 Å². The van der Waals surface area contributed by atoms with Gasteiger partial charge in [-0.2, -0.15) is 0 Å². The highest BCUT2D eigenvalue weighted by Gasteiger charge is 2.14. The fourth-order valence-corrected chi connectivity index (χ4v) is 2.74. The summed E-state index contributed by atoms with van der Waals surface area (Å²) in [7, 11) is -0.556. The van der Waals surface area contributed by atoms with Crippen LogP contribution < -0.4 is 9.46 Å². The Hall–Kier alpha value is -1.60. The van der Waals surface area contributed by atoms with Crippen LogP contribution in [-0.4, -0.2) is 34.4 Å². The van der Waals surface area contributed by atoms with Gasteiger partial charge in [0.25, 0.3) is 0 Å². The first-order valence-corrected chi connectivity index (χ1v) is 7.81. The van der Waals surface area contributed by atoms with Gasteiger partial charge in [-0.25, -0.2) is 17.9 Å². The Labute approximate surface area is 119 Å². The molecule has 0 unspecified atom stereocenters. The molecule has 112 valence electrons. The van der Waals surface area contributed by atoms with Crippen LogP contribution in [0.2, 0.25) is 0 Å². The molecule has 0 aromatic heterocycles. The molecule has 0 fully saturated rings. The summed E-state index contributed by atoms with van der Waals surface area (Å²) < 4.78 is 35.4. The van der Waals surface area contributed by atoms with Crippen LogP contribution in [-0.2, 0) is 21.3 Å². The molecule has 1 aromatic rings. The SMILES string of the molecule is CCCS(=O)(=O)NCc1ccc(OC)c(C(=O)OC)c1. The van der Waals surface area contributed by atoms with E-state index in [0.29, 0.717) is 17.7 Å². The van der Waals surface area contributed by atoms with Crippen molar-refractivity contribution in [3.05, 3.63) is 29.3 Å². The Morgan fingerprint density at radius 2 is 2.00 bits per heavy atom. The first kappa shape index (κ1) is 16.5. The van der Waals surface area contributed by atoms with E-state index in [4.69, 9.17) is 4.74 Å². The molecule has 0 amide bonds. The lowest BCUT2D eigenvalue weighted by atomic mass is 10.1. The maximum Gasteiger partial charge on any atom is 0.341 e. The quantitative estimate of drug-likeness (QED) is 0.768. The van der Waals surface area contributed by atoms with Gasteiger partial charge in [0.1, 0.15) is 11.3 Å². The molecule has 0 saturated heterocycles. The first-order chi connectivity index (χ1) is 9.43. The molecule has 0 bridgehead atoms. The van der Waals surface area contributed by atoms with E-state index in [2.05, 4.69) is 9.46 Å². The first-order valence-electron chi connectivity index (χ1n) is 6.16. The van der Waals surface area contributed by atoms with Crippen molar-refractivity contribution in [1.82, 2.24) is 4.72 Å². The molecule has 0 radical (unpaired) electrons. The summed E-state index contributed by atoms with van der Waals surface area (Å²) in [6.07, 6.45) is 0.547. The normalized spacial score (nSPS) is 11.2. The highest BCUT2D eigenvalue weighted by molar-refractivity contribution is 7.89. The highest BCUT2D eigenvalue weighted by Crippen LogP contribution is 2.20. The van der Waals surface area contributed by atoms with E-state index in [1.165, 1.54) is 14.2 Å². The lowest BCUT2D eigenvalue weighted by Crippen LogP contribution is -2.25. The Morgan fingerprint density at radius 3 is 2.55 bits per heavy atom. The van der Waals surface area contributed by atoms with Gasteiger partial charge in [-0.1, -0.05) is 13.0 Å². The standard InChI is InChI=1S/C13H19NO5S/c1-4-7-20(16,17)14-9-10-5-6-12(18-2)11(8-10)13(15)19-3/h5-6,8,14H,4,7,9H2,1-3H3. The van der Waals surface area contributed by atoms with Crippen LogP contribution >= 0.6 is 0 Å². The third-order valence-electron chi connectivity index (χ3n) is 2.64. The summed E-state index contributed by atoms with van der Waals surface area (Å²) in [4.78, 5) is 11.6. The highest BCUT2D eigenvalue weighted by atomic mass is 32.2. The molecule has 0 atom stereocenters. The second-order valence-corrected chi connectivity index (χ2v) is 6.09. The Balaban J connectivity index is 2.90. The Bertz CT molecular complexity index is 568. The molecule has 1 rings (SSSR count). The number of carbonyl (C=O) groups is 1. The van der Waals surface area contributed by atoms with E-state index < -0.39 is 16.0 Å². The molecular weight excluding hydrogens is 282 g/mol. The van der Waals surface area contributed by atoms with Gasteiger partial charge in [-0.05, 0) is 24.1 Å². The lowest BCUT2D eigenvalue weighted by Gasteiger charge is -2.10. The number of nitrogens with one attached hydrogen (secondary N) is 1. The lowest BCUT2D eigenvalue weighted by molar-refractivity contribution is 0.0597. The van der Waals surface area contributed by atoms with Crippen LogP contribution in [0.3, 0.4) is 0 Å². The van der Waals surface area contributed by atoms with Crippen molar-refractivity contribution in [2.24, 2.45) is 0 Å². The Morgan fingerprint density at radius 1 is 1.30 bits per heavy atom. The molecule has 20 heavy (non-hydrogen) atoms. The molecular formula is C13H19NO5S. The molecule has 7 heteroatoms. The van der Waals surface area contributed by atoms with Gasteiger partial charge < -0.3 is 9.47 Å². The zero-order valence-electron chi connectivity index (χ0n) is 11.8. The number of carbonyl (C=O) groups excluding carboxylic acids is 1. The second-order valence-electron chi connectivity index (χ2n) is 4.17. The predicted octanol–water partition coefficient (Wildman–Crippen LogP) is 1.31. The van der Waals surface area contributed by atoms with Crippen LogP contribution in [0.15, 0.2) is 18.2 Å². The number of methoxy groups -OCH3 is 2. The average Bonchev–Trinajstić information content (AvgIpc) is 2.44. The number of benzene rings is 1. The zero-order chi connectivity index (χ0) is 15.2. The molecule has 0 saturated carbocycles. The largest absolute Gasteiger partial charge is 0.496 e. The molecule has 0 aliphatic carbocycles. The number of hydrogen-bond donors (Lipinski definition) is 1.